The topological polar surface area (TPSA) is 240 Å². The van der Waals surface area contributed by atoms with Gasteiger partial charge >= 0.3 is 24.5 Å². The Bertz CT molecular complexity index is 3300. The first kappa shape index (κ1) is 75.3. The number of aryl methyl sites for hydroxylation is 2. The molecule has 94 heavy (non-hydrogen) atoms. The van der Waals surface area contributed by atoms with E-state index in [0.717, 1.165) is 77.0 Å². The van der Waals surface area contributed by atoms with Crippen LogP contribution in [0.4, 0.5) is 35.9 Å². The van der Waals surface area contributed by atoms with E-state index in [1.165, 1.54) is 34.1 Å². The molecule has 0 spiro atoms. The van der Waals surface area contributed by atoms with Crippen LogP contribution < -0.4 is 29.6 Å². The number of amides is 4. The maximum absolute atomic E-state index is 14.1. The van der Waals surface area contributed by atoms with Gasteiger partial charge in [-0.25, -0.2) is 42.1 Å². The zero-order valence-electron chi connectivity index (χ0n) is 54.3. The van der Waals surface area contributed by atoms with Gasteiger partial charge in [-0.05, 0) is 123 Å². The van der Waals surface area contributed by atoms with Gasteiger partial charge in [0.25, 0.3) is 0 Å². The minimum Gasteiger partial charge on any atom is -0.540 e. The number of alkyl carbamates (subject to hydrolysis) is 2. The van der Waals surface area contributed by atoms with Crippen LogP contribution in [-0.2, 0) is 78.6 Å². The third-order valence-corrected chi connectivity index (χ3v) is 18.3. The summed E-state index contributed by atoms with van der Waals surface area (Å²) >= 11 is 0. The Morgan fingerprint density at radius 3 is 1.34 bits per heavy atom. The molecule has 6 aliphatic rings. The summed E-state index contributed by atoms with van der Waals surface area (Å²) in [6.45, 7) is 12.0. The molecule has 2 N–H and O–H groups in total. The van der Waals surface area contributed by atoms with E-state index in [2.05, 4.69) is 15.6 Å². The minimum atomic E-state index is -4.50. The second-order valence-corrected chi connectivity index (χ2v) is 27.3. The number of halogens is 6. The number of nitrogens with one attached hydrogen (secondary N) is 2. The number of benzene rings is 2. The molecule has 2 aromatic carbocycles. The van der Waals surface area contributed by atoms with Gasteiger partial charge in [0.15, 0.2) is 13.2 Å². The fraction of sp³-hybridized carbons (Fsp3) is 0.667. The minimum absolute atomic E-state index is 0. The Labute approximate surface area is 567 Å². The van der Waals surface area contributed by atoms with Gasteiger partial charge in [0, 0.05) is 49.2 Å². The number of hydrogen-bond acceptors (Lipinski definition) is 16. The van der Waals surface area contributed by atoms with E-state index < -0.39 is 109 Å². The normalized spacial score (nSPS) is 27.4. The van der Waals surface area contributed by atoms with Gasteiger partial charge in [-0.2, -0.15) is 26.3 Å². The van der Waals surface area contributed by atoms with E-state index in [9.17, 15) is 55.1 Å². The summed E-state index contributed by atoms with van der Waals surface area (Å²) in [6, 6.07) is 4.96. The Balaban J connectivity index is 0.000000261. The summed E-state index contributed by atoms with van der Waals surface area (Å²) < 4.78 is 111. The SMILES string of the molecule is CC[C@@H]1[C@@H]2CN(C(=O)[C@H](C(C)(C)C)NC(=O)O[C@@H]3CCC[C@H]3CCCCCc3nc4ccc(OCC(F)(F)F)cc4nc3O2)[C@@H]1[C-]=O.CC[C@@H]1[C@@H]2CN(C(=O)[C@H](C(C)(C)C)NC(=O)O[C@@H]3C[C@H]3CCCCCc3nc4ccc(OCC(F)(F)F)cc4nc3O2)[C@@H]1[C-]=O.[V].[V]. The van der Waals surface area contributed by atoms with Crippen molar-refractivity contribution in [2.75, 3.05) is 26.3 Å². The van der Waals surface area contributed by atoms with Crippen LogP contribution >= 0.6 is 0 Å². The molecule has 0 unspecified atom stereocenters. The molecule has 2 radical (unpaired) electrons. The predicted octanol–water partition coefficient (Wildman–Crippen LogP) is 11.4. The molecular formula is C66H84F6N8O12V2-2. The molecule has 4 aliphatic heterocycles. The van der Waals surface area contributed by atoms with E-state index in [1.54, 1.807) is 12.1 Å². The van der Waals surface area contributed by atoms with Gasteiger partial charge in [-0.3, -0.25) is 9.59 Å². The van der Waals surface area contributed by atoms with Crippen LogP contribution in [0, 0.1) is 34.5 Å². The summed E-state index contributed by atoms with van der Waals surface area (Å²) in [4.78, 5) is 101. The van der Waals surface area contributed by atoms with Gasteiger partial charge in [-0.15, -0.1) is 0 Å². The summed E-state index contributed by atoms with van der Waals surface area (Å²) in [5.41, 5.74) is 1.34. The van der Waals surface area contributed by atoms with Gasteiger partial charge < -0.3 is 58.4 Å². The monoisotopic (exact) mass is 1400 g/mol. The van der Waals surface area contributed by atoms with Crippen molar-refractivity contribution in [2.45, 2.75) is 219 Å². The largest absolute Gasteiger partial charge is 0.540 e. The van der Waals surface area contributed by atoms with Crippen molar-refractivity contribution in [3.63, 3.8) is 0 Å². The Morgan fingerprint density at radius 1 is 0.521 bits per heavy atom. The zero-order valence-corrected chi connectivity index (χ0v) is 57.1. The van der Waals surface area contributed by atoms with Crippen LogP contribution in [0.3, 0.4) is 0 Å². The molecule has 2 saturated carbocycles. The number of carbonyl (C=O) groups excluding carboxylic acids is 6. The van der Waals surface area contributed by atoms with Crippen molar-refractivity contribution in [1.82, 2.24) is 40.4 Å². The fourth-order valence-electron chi connectivity index (χ4n) is 13.3. The Kier molecular flexibility index (Phi) is 25.5. The predicted molar refractivity (Wildman–Crippen MR) is 324 cm³/mol. The van der Waals surface area contributed by atoms with Crippen LogP contribution in [0.1, 0.15) is 157 Å². The number of ether oxygens (including phenoxy) is 6. The van der Waals surface area contributed by atoms with Gasteiger partial charge in [0.1, 0.15) is 59.4 Å². The first-order chi connectivity index (χ1) is 43.5. The van der Waals surface area contributed by atoms with Crippen molar-refractivity contribution in [3.8, 4) is 23.3 Å². The zero-order chi connectivity index (χ0) is 66.5. The first-order valence-corrected chi connectivity index (χ1v) is 32.2. The molecular weight excluding hydrogens is 1310 g/mol. The molecule has 2 aromatic heterocycles. The van der Waals surface area contributed by atoms with Gasteiger partial charge in [0.2, 0.25) is 23.6 Å². The molecule has 28 heteroatoms. The molecule has 2 saturated heterocycles. The molecule has 10 rings (SSSR count). The maximum atomic E-state index is 14.1. The van der Waals surface area contributed by atoms with Crippen LogP contribution in [-0.4, -0.2) is 154 Å². The standard InChI is InChI=1S/C34H44F3N4O6.C32H40F3N4O6.2V/c1-5-22-26(18-42)41-17-28(22)46-30-24(38-23-15-14-21(16-25(23)39-30)45-19-34(35,36)37)12-8-6-7-10-20-11-9-13-27(20)47-32(44)40-29(31(41)43)33(2,3)4;1-5-20-24(16-40)39-15-26(20)44-28-22(36-21-12-11-19(14-23(21)37-28)43-17-32(33,34)35)10-8-6-7-9-18-13-25(18)45-30(42)38-27(29(39)41)31(2,3)4;;/h14-16,20,22,26-29H,5-13,17,19H2,1-4H3,(H,40,44);11-12,14,18,20,24-27H,5-10,13,15,17H2,1-4H3,(H,38,42);;/q2*-1;;/t20-,22+,26-,27-,28+,29-;18-,20+,24-,25-,26+,27-;;/m11../s1. The molecule has 12 atom stereocenters. The van der Waals surface area contributed by atoms with E-state index in [-0.39, 0.29) is 97.5 Å². The molecule has 4 fully saturated rings. The van der Waals surface area contributed by atoms with Crippen molar-refractivity contribution >= 4 is 58.6 Å². The average molecular weight is 1400 g/mol. The molecule has 2 aliphatic carbocycles. The second-order valence-electron chi connectivity index (χ2n) is 27.3. The van der Waals surface area contributed by atoms with Crippen LogP contribution in [0.2, 0.25) is 0 Å². The molecule has 6 heterocycles. The van der Waals surface area contributed by atoms with Crippen LogP contribution in [0.5, 0.6) is 23.3 Å². The summed E-state index contributed by atoms with van der Waals surface area (Å²) in [5.74, 6) is -0.846. The second kappa shape index (κ2) is 31.8. The third-order valence-electron chi connectivity index (χ3n) is 18.3. The number of aromatic nitrogens is 4. The number of nitrogens with zero attached hydrogens (tertiary/aromatic N) is 6. The van der Waals surface area contributed by atoms with Gasteiger partial charge in [0.05, 0.1) is 35.2 Å². The molecule has 514 valence electrons. The number of fused-ring (bicyclic) bond motifs is 10. The maximum Gasteiger partial charge on any atom is 0.422 e. The van der Waals surface area contributed by atoms with E-state index >= 15 is 0 Å². The average Bonchev–Trinajstić information content (AvgIpc) is 1.66. The summed E-state index contributed by atoms with van der Waals surface area (Å²) in [5, 5.41) is 5.58. The molecule has 4 aromatic rings. The Hall–Kier alpha value is -6.11. The van der Waals surface area contributed by atoms with Crippen molar-refractivity contribution in [3.05, 3.63) is 47.8 Å². The molecule has 4 bridgehead atoms. The first-order valence-electron chi connectivity index (χ1n) is 32.2. The number of rotatable bonds is 8. The van der Waals surface area contributed by atoms with Crippen LogP contribution in [0.25, 0.3) is 22.1 Å². The fourth-order valence-corrected chi connectivity index (χ4v) is 13.3. The number of hydrogen-bond donors (Lipinski definition) is 2. The summed E-state index contributed by atoms with van der Waals surface area (Å²) in [7, 11) is 0. The quantitative estimate of drug-likeness (QED) is 0.123. The summed E-state index contributed by atoms with van der Waals surface area (Å²) in [6.07, 6.45) is 4.62. The molecule has 4 amide bonds. The number of alkyl halides is 6. The van der Waals surface area contributed by atoms with E-state index in [4.69, 9.17) is 43.4 Å². The van der Waals surface area contributed by atoms with Crippen molar-refractivity contribution < 1.29 is 121 Å². The Morgan fingerprint density at radius 2 is 0.936 bits per heavy atom. The smallest absolute Gasteiger partial charge is 0.422 e. The van der Waals surface area contributed by atoms with Crippen molar-refractivity contribution in [2.24, 2.45) is 34.5 Å². The number of carbonyl (C=O) groups is 4. The van der Waals surface area contributed by atoms with Gasteiger partial charge in [-0.1, -0.05) is 106 Å². The van der Waals surface area contributed by atoms with E-state index in [0.29, 0.717) is 59.1 Å². The van der Waals surface area contributed by atoms with Crippen molar-refractivity contribution in [1.29, 1.82) is 0 Å². The third kappa shape index (κ3) is 19.1. The molecule has 20 nitrogen and oxygen atoms in total. The van der Waals surface area contributed by atoms with Crippen LogP contribution in [0.15, 0.2) is 36.4 Å². The van der Waals surface area contributed by atoms with E-state index in [1.807, 2.05) is 68.0 Å².